The Bertz CT molecular complexity index is 1040. The molecule has 0 bridgehead atoms. The summed E-state index contributed by atoms with van der Waals surface area (Å²) in [6, 6.07) is 12.5. The van der Waals surface area contributed by atoms with Crippen molar-refractivity contribution in [2.45, 2.75) is 32.2 Å². The van der Waals surface area contributed by atoms with Gasteiger partial charge in [0.2, 0.25) is 5.91 Å². The fourth-order valence-electron chi connectivity index (χ4n) is 3.34. The Morgan fingerprint density at radius 1 is 1.42 bits per heavy atom. The van der Waals surface area contributed by atoms with Crippen molar-refractivity contribution < 1.29 is 4.79 Å². The molecule has 0 spiro atoms. The third kappa shape index (κ3) is 2.76. The van der Waals surface area contributed by atoms with Crippen molar-refractivity contribution in [2.24, 2.45) is 0 Å². The molecule has 1 saturated carbocycles. The minimum Gasteiger partial charge on any atom is -0.352 e. The van der Waals surface area contributed by atoms with Gasteiger partial charge in [0, 0.05) is 13.1 Å². The van der Waals surface area contributed by atoms with Crippen molar-refractivity contribution in [1.82, 2.24) is 14.7 Å². The first kappa shape index (κ1) is 16.4. The standard InChI is InChI=1S/C20H21N5O/c1-3-13-10-19(24(2)12-18(26)22-14-8-9-14)25-17-7-5-4-6-16(17)23-20(25)15(13)11-21/h4-7,10,14H,3,8-9,12H2,1-2H3,(H,22,26). The predicted molar refractivity (Wildman–Crippen MR) is 101 cm³/mol. The summed E-state index contributed by atoms with van der Waals surface area (Å²) in [7, 11) is 1.90. The van der Waals surface area contributed by atoms with Gasteiger partial charge in [-0.1, -0.05) is 19.1 Å². The molecule has 132 valence electrons. The van der Waals surface area contributed by atoms with Crippen LogP contribution < -0.4 is 10.2 Å². The van der Waals surface area contributed by atoms with Crippen molar-refractivity contribution in [3.63, 3.8) is 0 Å². The van der Waals surface area contributed by atoms with E-state index in [1.54, 1.807) is 0 Å². The Hall–Kier alpha value is -3.07. The zero-order chi connectivity index (χ0) is 18.3. The molecule has 1 aliphatic carbocycles. The number of carbonyl (C=O) groups excluding carboxylic acids is 1. The first-order chi connectivity index (χ1) is 12.6. The maximum absolute atomic E-state index is 12.3. The van der Waals surface area contributed by atoms with Crippen LogP contribution in [0.3, 0.4) is 0 Å². The molecule has 1 amide bonds. The lowest BCUT2D eigenvalue weighted by atomic mass is 10.1. The monoisotopic (exact) mass is 347 g/mol. The van der Waals surface area contributed by atoms with E-state index in [1.807, 2.05) is 53.6 Å². The summed E-state index contributed by atoms with van der Waals surface area (Å²) in [5.74, 6) is 0.894. The van der Waals surface area contributed by atoms with Crippen LogP contribution in [0.25, 0.3) is 16.7 Å². The number of para-hydroxylation sites is 2. The lowest BCUT2D eigenvalue weighted by molar-refractivity contribution is -0.119. The number of pyridine rings is 1. The summed E-state index contributed by atoms with van der Waals surface area (Å²) < 4.78 is 1.98. The van der Waals surface area contributed by atoms with Crippen LogP contribution >= 0.6 is 0 Å². The van der Waals surface area contributed by atoms with Crippen LogP contribution in [0.2, 0.25) is 0 Å². The maximum Gasteiger partial charge on any atom is 0.239 e. The number of nitrogens with one attached hydrogen (secondary N) is 1. The Kier molecular flexibility index (Phi) is 4.00. The molecular weight excluding hydrogens is 326 g/mol. The lowest BCUT2D eigenvalue weighted by Gasteiger charge is -2.22. The van der Waals surface area contributed by atoms with Crippen LogP contribution in [0, 0.1) is 11.3 Å². The van der Waals surface area contributed by atoms with Crippen LogP contribution in [0.4, 0.5) is 5.82 Å². The van der Waals surface area contributed by atoms with Gasteiger partial charge < -0.3 is 10.2 Å². The summed E-state index contributed by atoms with van der Waals surface area (Å²) in [5.41, 5.74) is 3.97. The van der Waals surface area contributed by atoms with Crippen LogP contribution in [-0.2, 0) is 11.2 Å². The minimum absolute atomic E-state index is 0.0231. The summed E-state index contributed by atoms with van der Waals surface area (Å²) in [5, 5.41) is 12.7. The van der Waals surface area contributed by atoms with Crippen LogP contribution in [0.15, 0.2) is 30.3 Å². The number of hydrogen-bond donors (Lipinski definition) is 1. The van der Waals surface area contributed by atoms with Gasteiger partial charge in [0.15, 0.2) is 5.65 Å². The normalized spacial score (nSPS) is 13.7. The number of anilines is 1. The van der Waals surface area contributed by atoms with Gasteiger partial charge in [0.1, 0.15) is 11.9 Å². The number of carbonyl (C=O) groups is 1. The highest BCUT2D eigenvalue weighted by Crippen LogP contribution is 2.29. The van der Waals surface area contributed by atoms with Crippen molar-refractivity contribution in [1.29, 1.82) is 5.26 Å². The van der Waals surface area contributed by atoms with Gasteiger partial charge >= 0.3 is 0 Å². The second-order valence-electron chi connectivity index (χ2n) is 6.83. The van der Waals surface area contributed by atoms with Gasteiger partial charge in [-0.15, -0.1) is 0 Å². The highest BCUT2D eigenvalue weighted by molar-refractivity contribution is 5.87. The van der Waals surface area contributed by atoms with E-state index >= 15 is 0 Å². The molecule has 26 heavy (non-hydrogen) atoms. The predicted octanol–water partition coefficient (Wildman–Crippen LogP) is 2.64. The van der Waals surface area contributed by atoms with Gasteiger partial charge in [-0.2, -0.15) is 5.26 Å². The van der Waals surface area contributed by atoms with E-state index in [0.717, 1.165) is 41.7 Å². The van der Waals surface area contributed by atoms with E-state index in [0.29, 0.717) is 17.3 Å². The number of hydrogen-bond acceptors (Lipinski definition) is 4. The first-order valence-corrected chi connectivity index (χ1v) is 8.96. The van der Waals surface area contributed by atoms with E-state index in [2.05, 4.69) is 16.4 Å². The highest BCUT2D eigenvalue weighted by Gasteiger charge is 2.24. The number of nitriles is 1. The average Bonchev–Trinajstić information content (AvgIpc) is 3.36. The molecule has 0 radical (unpaired) electrons. The van der Waals surface area contributed by atoms with Gasteiger partial charge in [0.25, 0.3) is 0 Å². The Morgan fingerprint density at radius 3 is 2.88 bits per heavy atom. The topological polar surface area (TPSA) is 73.4 Å². The second-order valence-corrected chi connectivity index (χ2v) is 6.83. The van der Waals surface area contributed by atoms with E-state index in [-0.39, 0.29) is 12.5 Å². The molecule has 3 aromatic rings. The third-order valence-corrected chi connectivity index (χ3v) is 4.84. The van der Waals surface area contributed by atoms with Gasteiger partial charge in [-0.3, -0.25) is 9.20 Å². The maximum atomic E-state index is 12.3. The van der Waals surface area contributed by atoms with E-state index in [4.69, 9.17) is 0 Å². The van der Waals surface area contributed by atoms with Crippen molar-refractivity contribution >= 4 is 28.4 Å². The summed E-state index contributed by atoms with van der Waals surface area (Å²) in [6.45, 7) is 2.30. The molecule has 2 heterocycles. The Balaban J connectivity index is 1.86. The zero-order valence-corrected chi connectivity index (χ0v) is 15.0. The molecule has 1 N–H and O–H groups in total. The van der Waals surface area contributed by atoms with Gasteiger partial charge in [0.05, 0.1) is 23.1 Å². The molecule has 1 fully saturated rings. The molecule has 6 nitrogen and oxygen atoms in total. The molecule has 4 rings (SSSR count). The van der Waals surface area contributed by atoms with E-state index in [9.17, 15) is 10.1 Å². The van der Waals surface area contributed by atoms with Crippen LogP contribution in [0.1, 0.15) is 30.9 Å². The lowest BCUT2D eigenvalue weighted by Crippen LogP contribution is -2.37. The largest absolute Gasteiger partial charge is 0.352 e. The van der Waals surface area contributed by atoms with Crippen LogP contribution in [-0.4, -0.2) is 34.9 Å². The second kappa shape index (κ2) is 6.34. The van der Waals surface area contributed by atoms with Crippen LogP contribution in [0.5, 0.6) is 0 Å². The fraction of sp³-hybridized carbons (Fsp3) is 0.350. The number of aryl methyl sites for hydroxylation is 1. The first-order valence-electron chi connectivity index (χ1n) is 8.96. The summed E-state index contributed by atoms with van der Waals surface area (Å²) >= 11 is 0. The Morgan fingerprint density at radius 2 is 2.19 bits per heavy atom. The summed E-state index contributed by atoms with van der Waals surface area (Å²) in [6.07, 6.45) is 2.88. The number of nitrogens with zero attached hydrogens (tertiary/aromatic N) is 4. The molecule has 0 aliphatic heterocycles. The van der Waals surface area contributed by atoms with Gasteiger partial charge in [-0.05, 0) is 43.0 Å². The smallest absolute Gasteiger partial charge is 0.239 e. The van der Waals surface area contributed by atoms with Crippen molar-refractivity contribution in [3.05, 3.63) is 41.5 Å². The molecular formula is C20H21N5O. The number of imidazole rings is 1. The Labute approximate surface area is 152 Å². The number of amides is 1. The molecule has 1 aromatic carbocycles. The highest BCUT2D eigenvalue weighted by atomic mass is 16.2. The minimum atomic E-state index is 0.0231. The quantitative estimate of drug-likeness (QED) is 0.770. The third-order valence-electron chi connectivity index (χ3n) is 4.84. The number of likely N-dealkylation sites (N-methyl/N-ethyl adjacent to an activating group) is 1. The molecule has 0 saturated heterocycles. The van der Waals surface area contributed by atoms with Crippen molar-refractivity contribution in [3.8, 4) is 6.07 Å². The summed E-state index contributed by atoms with van der Waals surface area (Å²) in [4.78, 5) is 18.9. The van der Waals surface area contributed by atoms with E-state index < -0.39 is 0 Å². The van der Waals surface area contributed by atoms with Gasteiger partial charge in [-0.25, -0.2) is 4.98 Å². The molecule has 6 heteroatoms. The average molecular weight is 347 g/mol. The number of fused-ring (bicyclic) bond motifs is 3. The number of aromatic nitrogens is 2. The number of benzene rings is 1. The fourth-order valence-corrected chi connectivity index (χ4v) is 3.34. The zero-order valence-electron chi connectivity index (χ0n) is 15.0. The SMILES string of the molecule is CCc1cc(N(C)CC(=O)NC2CC2)n2c(nc3ccccc32)c1C#N. The van der Waals surface area contributed by atoms with E-state index in [1.165, 1.54) is 0 Å². The molecule has 0 unspecified atom stereocenters. The molecule has 1 aliphatic rings. The molecule has 2 aromatic heterocycles. The van der Waals surface area contributed by atoms with Crippen molar-refractivity contribution in [2.75, 3.05) is 18.5 Å². The number of rotatable bonds is 5. The molecule has 0 atom stereocenters.